The monoisotopic (exact) mass is 579 g/mol. The number of imidazole rings is 1. The summed E-state index contributed by atoms with van der Waals surface area (Å²) < 4.78 is 2.22. The van der Waals surface area contributed by atoms with E-state index in [0.29, 0.717) is 30.1 Å². The highest BCUT2D eigenvalue weighted by Gasteiger charge is 2.55. The van der Waals surface area contributed by atoms with Crippen LogP contribution in [0.1, 0.15) is 83.2 Å². The van der Waals surface area contributed by atoms with Gasteiger partial charge >= 0.3 is 0 Å². The van der Waals surface area contributed by atoms with Gasteiger partial charge in [0.2, 0.25) is 5.91 Å². The van der Waals surface area contributed by atoms with Crippen molar-refractivity contribution in [2.24, 2.45) is 11.8 Å². The largest absolute Gasteiger partial charge is 0.366 e. The number of pyridine rings is 1. The highest BCUT2D eigenvalue weighted by atomic mass is 16.2. The second kappa shape index (κ2) is 9.77. The molecular formula is C35H45N7O. The zero-order valence-corrected chi connectivity index (χ0v) is 25.7. The highest BCUT2D eigenvalue weighted by Crippen LogP contribution is 2.52. The summed E-state index contributed by atoms with van der Waals surface area (Å²) in [4.78, 5) is 29.5. The fourth-order valence-electron chi connectivity index (χ4n) is 9.18. The third-order valence-electron chi connectivity index (χ3n) is 11.8. The molecule has 6 aliphatic rings. The first-order chi connectivity index (χ1) is 21.0. The number of nitrogens with one attached hydrogen (secondary N) is 2. The molecule has 5 fully saturated rings. The summed E-state index contributed by atoms with van der Waals surface area (Å²) >= 11 is 0. The summed E-state index contributed by atoms with van der Waals surface area (Å²) in [6.45, 7) is 8.74. The van der Waals surface area contributed by atoms with Gasteiger partial charge in [-0.2, -0.15) is 0 Å². The smallest absolute Gasteiger partial charge is 0.238 e. The molecule has 2 aromatic heterocycles. The van der Waals surface area contributed by atoms with Crippen LogP contribution in [0.4, 0.5) is 11.5 Å². The van der Waals surface area contributed by atoms with E-state index < -0.39 is 0 Å². The fraction of sp³-hybridized carbons (Fsp3) is 0.629. The van der Waals surface area contributed by atoms with Crippen LogP contribution in [0.25, 0.3) is 22.3 Å². The Morgan fingerprint density at radius 2 is 1.74 bits per heavy atom. The van der Waals surface area contributed by atoms with Crippen molar-refractivity contribution < 1.29 is 4.79 Å². The molecule has 8 heteroatoms. The molecule has 2 saturated heterocycles. The van der Waals surface area contributed by atoms with Gasteiger partial charge in [-0.25, -0.2) is 9.97 Å². The number of fused-ring (bicyclic) bond motifs is 5. The second-order valence-corrected chi connectivity index (χ2v) is 14.9. The topological polar surface area (TPSA) is 78.3 Å². The molecular weight excluding hydrogens is 534 g/mol. The molecule has 2 unspecified atom stereocenters. The minimum Gasteiger partial charge on any atom is -0.366 e. The van der Waals surface area contributed by atoms with Gasteiger partial charge in [0.25, 0.3) is 0 Å². The van der Waals surface area contributed by atoms with Gasteiger partial charge in [0.1, 0.15) is 5.52 Å². The van der Waals surface area contributed by atoms with Crippen LogP contribution >= 0.6 is 0 Å². The minimum atomic E-state index is -0.388. The molecule has 8 nitrogen and oxygen atoms in total. The number of likely N-dealkylation sites (tertiary alicyclic amines) is 1. The molecule has 2 atom stereocenters. The summed E-state index contributed by atoms with van der Waals surface area (Å²) in [7, 11) is 0. The Balaban J connectivity index is 1.07. The van der Waals surface area contributed by atoms with E-state index in [1.165, 1.54) is 50.8 Å². The van der Waals surface area contributed by atoms with Gasteiger partial charge in [-0.05, 0) is 114 Å². The van der Waals surface area contributed by atoms with Crippen LogP contribution < -0.4 is 15.5 Å². The molecule has 1 spiro atoms. The van der Waals surface area contributed by atoms with E-state index in [1.807, 2.05) is 6.33 Å². The van der Waals surface area contributed by atoms with E-state index in [1.54, 1.807) is 0 Å². The lowest BCUT2D eigenvalue weighted by Gasteiger charge is -2.49. The maximum Gasteiger partial charge on any atom is 0.238 e. The molecule has 3 aromatic rings. The predicted molar refractivity (Wildman–Crippen MR) is 170 cm³/mol. The average Bonchev–Trinajstić information content (AvgIpc) is 3.52. The van der Waals surface area contributed by atoms with Crippen LogP contribution in [0.5, 0.6) is 0 Å². The van der Waals surface area contributed by atoms with Crippen LogP contribution in [0.3, 0.4) is 0 Å². The normalized spacial score (nSPS) is 29.9. The van der Waals surface area contributed by atoms with Gasteiger partial charge in [-0.15, -0.1) is 0 Å². The van der Waals surface area contributed by atoms with Crippen molar-refractivity contribution in [1.82, 2.24) is 24.8 Å². The molecule has 1 aromatic carbocycles. The lowest BCUT2D eigenvalue weighted by atomic mass is 9.74. The zero-order valence-electron chi connectivity index (χ0n) is 25.7. The van der Waals surface area contributed by atoms with Crippen LogP contribution in [0, 0.1) is 11.8 Å². The predicted octanol–water partition coefficient (Wildman–Crippen LogP) is 5.48. The lowest BCUT2D eigenvalue weighted by Crippen LogP contribution is -2.59. The zero-order chi connectivity index (χ0) is 28.9. The second-order valence-electron chi connectivity index (χ2n) is 14.9. The number of rotatable bonds is 6. The van der Waals surface area contributed by atoms with Gasteiger partial charge in [0.05, 0.1) is 23.0 Å². The Bertz CT molecular complexity index is 1570. The van der Waals surface area contributed by atoms with Gasteiger partial charge in [-0.1, -0.05) is 12.1 Å². The van der Waals surface area contributed by atoms with Crippen LogP contribution in [-0.4, -0.2) is 69.6 Å². The number of piperidine rings is 2. The number of carbonyl (C=O) groups is 1. The Morgan fingerprint density at radius 3 is 2.47 bits per heavy atom. The van der Waals surface area contributed by atoms with E-state index in [-0.39, 0.29) is 5.41 Å². The Morgan fingerprint density at radius 1 is 0.977 bits per heavy atom. The van der Waals surface area contributed by atoms with Crippen molar-refractivity contribution in [2.75, 3.05) is 36.4 Å². The number of aromatic nitrogens is 3. The number of amides is 1. The van der Waals surface area contributed by atoms with Crippen molar-refractivity contribution in [3.05, 3.63) is 36.2 Å². The first kappa shape index (κ1) is 26.4. The summed E-state index contributed by atoms with van der Waals surface area (Å²) in [6.07, 6.45) is 12.6. The van der Waals surface area contributed by atoms with Crippen LogP contribution in [0.15, 0.2) is 30.6 Å². The summed E-state index contributed by atoms with van der Waals surface area (Å²) in [6, 6.07) is 10.6. The van der Waals surface area contributed by atoms with E-state index in [9.17, 15) is 4.79 Å². The minimum absolute atomic E-state index is 0.296. The average molecular weight is 580 g/mol. The molecule has 2 bridgehead atoms. The number of hydrogen-bond donors (Lipinski definition) is 2. The molecule has 0 radical (unpaired) electrons. The summed E-state index contributed by atoms with van der Waals surface area (Å²) in [5, 5.41) is 7.21. The third kappa shape index (κ3) is 4.19. The van der Waals surface area contributed by atoms with Crippen molar-refractivity contribution in [1.29, 1.82) is 0 Å². The number of hydrogen-bond acceptors (Lipinski definition) is 6. The van der Waals surface area contributed by atoms with Gasteiger partial charge in [0, 0.05) is 48.5 Å². The summed E-state index contributed by atoms with van der Waals surface area (Å²) in [5.74, 6) is 3.09. The lowest BCUT2D eigenvalue weighted by molar-refractivity contribution is -0.125. The summed E-state index contributed by atoms with van der Waals surface area (Å²) in [5.41, 5.74) is 6.06. The Hall–Kier alpha value is -2.97. The molecule has 5 heterocycles. The van der Waals surface area contributed by atoms with E-state index in [4.69, 9.17) is 9.97 Å². The maximum atomic E-state index is 14.5. The molecule has 226 valence electrons. The van der Waals surface area contributed by atoms with Gasteiger partial charge in [0.15, 0.2) is 5.82 Å². The van der Waals surface area contributed by atoms with Crippen molar-refractivity contribution in [3.63, 3.8) is 0 Å². The van der Waals surface area contributed by atoms with Crippen molar-refractivity contribution in [3.8, 4) is 11.3 Å². The number of benzene rings is 1. The third-order valence-corrected chi connectivity index (χ3v) is 11.8. The SMILES string of the molecule is CC(C)n1cnc2cc(-c3ccc4c(c3)N([C@H]3C[C@@H](N5CC6CCC(C6)C5)C3)C(=O)C43CCNCC3)nc(NC3CC3)c21. The Kier molecular flexibility index (Phi) is 6.00. The molecule has 9 rings (SSSR count). The van der Waals surface area contributed by atoms with E-state index in [0.717, 1.165) is 84.4 Å². The van der Waals surface area contributed by atoms with E-state index in [2.05, 4.69) is 63.1 Å². The number of nitrogens with zero attached hydrogens (tertiary/aromatic N) is 5. The van der Waals surface area contributed by atoms with Crippen molar-refractivity contribution >= 4 is 28.4 Å². The standard InChI is InChI=1S/C35H45N7O/c1-21(2)41-20-37-30-17-29(39-33(32(30)41)38-25-6-7-25)24-5-8-28-31(14-24)42(34(43)35(28)9-11-36-12-10-35)27-15-26(16-27)40-18-22-3-4-23(13-22)19-40/h5,8,14,17,20-23,25-27,36H,3-4,6-7,9-13,15-16,18-19H2,1-2H3,(H,38,39)/t22?,23?,26-,27+. The first-order valence-corrected chi connectivity index (χ1v) is 17.0. The molecule has 2 N–H and O–H groups in total. The molecule has 3 aliphatic heterocycles. The van der Waals surface area contributed by atoms with Gasteiger partial charge < -0.3 is 20.1 Å². The molecule has 1 amide bonds. The Labute approximate surface area is 254 Å². The quantitative estimate of drug-likeness (QED) is 0.403. The number of anilines is 2. The van der Waals surface area contributed by atoms with Crippen molar-refractivity contribution in [2.45, 2.75) is 101 Å². The first-order valence-electron chi connectivity index (χ1n) is 17.0. The fourth-order valence-corrected chi connectivity index (χ4v) is 9.18. The maximum absolute atomic E-state index is 14.5. The van der Waals surface area contributed by atoms with Gasteiger partial charge in [-0.3, -0.25) is 9.69 Å². The van der Waals surface area contributed by atoms with Crippen LogP contribution in [0.2, 0.25) is 0 Å². The molecule has 43 heavy (non-hydrogen) atoms. The van der Waals surface area contributed by atoms with Crippen LogP contribution in [-0.2, 0) is 10.2 Å². The number of carbonyl (C=O) groups excluding carboxylic acids is 1. The van der Waals surface area contributed by atoms with E-state index >= 15 is 0 Å². The highest BCUT2D eigenvalue weighted by molar-refractivity contribution is 6.09. The molecule has 3 aliphatic carbocycles. The molecule has 3 saturated carbocycles.